The van der Waals surface area contributed by atoms with Gasteiger partial charge in [-0.3, -0.25) is 4.79 Å². The average Bonchev–Trinajstić information content (AvgIpc) is 3.19. The molecule has 0 saturated carbocycles. The minimum Gasteiger partial charge on any atom is -0.350 e. The standard InChI is InChI=1S/C24H31N3O2/c1-5-18(4)25-23(28)20-12-13-21(17(3)15-20)26-24(29)27-14-6-7-22(27)19-10-8-16(2)9-11-19/h8-13,15,18,22H,5-7,14H2,1-4H3,(H,25,28)(H,26,29). The fourth-order valence-corrected chi connectivity index (χ4v) is 3.69. The van der Waals surface area contributed by atoms with E-state index in [-0.39, 0.29) is 24.0 Å². The molecule has 1 aliphatic heterocycles. The SMILES string of the molecule is CCC(C)NC(=O)c1ccc(NC(=O)N2CCCC2c2ccc(C)cc2)c(C)c1. The number of urea groups is 1. The number of carbonyl (C=O) groups is 2. The molecule has 2 aromatic rings. The molecule has 1 heterocycles. The Morgan fingerprint density at radius 1 is 1.14 bits per heavy atom. The smallest absolute Gasteiger partial charge is 0.322 e. The molecule has 0 spiro atoms. The summed E-state index contributed by atoms with van der Waals surface area (Å²) in [7, 11) is 0. The Balaban J connectivity index is 1.69. The van der Waals surface area contributed by atoms with E-state index >= 15 is 0 Å². The molecule has 29 heavy (non-hydrogen) atoms. The number of nitrogens with one attached hydrogen (secondary N) is 2. The lowest BCUT2D eigenvalue weighted by Crippen LogP contribution is -2.34. The van der Waals surface area contributed by atoms with Crippen molar-refractivity contribution in [3.05, 3.63) is 64.7 Å². The summed E-state index contributed by atoms with van der Waals surface area (Å²) in [5.74, 6) is -0.0840. The Morgan fingerprint density at radius 2 is 1.86 bits per heavy atom. The molecule has 0 aromatic heterocycles. The molecule has 154 valence electrons. The van der Waals surface area contributed by atoms with E-state index in [1.165, 1.54) is 11.1 Å². The third kappa shape index (κ3) is 4.97. The van der Waals surface area contributed by atoms with E-state index in [4.69, 9.17) is 0 Å². The van der Waals surface area contributed by atoms with Crippen molar-refractivity contribution >= 4 is 17.6 Å². The number of hydrogen-bond acceptors (Lipinski definition) is 2. The summed E-state index contributed by atoms with van der Waals surface area (Å²) in [6.07, 6.45) is 2.86. The molecule has 1 saturated heterocycles. The Bertz CT molecular complexity index is 876. The van der Waals surface area contributed by atoms with Crippen molar-refractivity contribution in [1.82, 2.24) is 10.2 Å². The minimum absolute atomic E-state index is 0.0840. The van der Waals surface area contributed by atoms with Crippen LogP contribution < -0.4 is 10.6 Å². The molecule has 2 N–H and O–H groups in total. The monoisotopic (exact) mass is 393 g/mol. The number of likely N-dealkylation sites (tertiary alicyclic amines) is 1. The van der Waals surface area contributed by atoms with Gasteiger partial charge in [0.15, 0.2) is 0 Å². The lowest BCUT2D eigenvalue weighted by Gasteiger charge is -2.26. The molecular weight excluding hydrogens is 362 g/mol. The molecular formula is C24H31N3O2. The van der Waals surface area contributed by atoms with E-state index in [0.29, 0.717) is 5.56 Å². The van der Waals surface area contributed by atoms with E-state index in [1.54, 1.807) is 6.07 Å². The number of carbonyl (C=O) groups excluding carboxylic acids is 2. The second-order valence-electron chi connectivity index (χ2n) is 8.00. The number of benzene rings is 2. The summed E-state index contributed by atoms with van der Waals surface area (Å²) in [6, 6.07) is 14.0. The normalized spacial score (nSPS) is 17.1. The number of hydrogen-bond donors (Lipinski definition) is 2. The first-order valence-corrected chi connectivity index (χ1v) is 10.4. The van der Waals surface area contributed by atoms with Crippen molar-refractivity contribution in [2.24, 2.45) is 0 Å². The quantitative estimate of drug-likeness (QED) is 0.733. The second-order valence-corrected chi connectivity index (χ2v) is 8.00. The third-order valence-corrected chi connectivity index (χ3v) is 5.70. The zero-order chi connectivity index (χ0) is 21.0. The molecule has 2 aromatic carbocycles. The van der Waals surface area contributed by atoms with Crippen LogP contribution in [0.2, 0.25) is 0 Å². The van der Waals surface area contributed by atoms with Crippen LogP contribution >= 0.6 is 0 Å². The lowest BCUT2D eigenvalue weighted by molar-refractivity contribution is 0.0939. The number of amides is 3. The van der Waals surface area contributed by atoms with Gasteiger partial charge in [-0.15, -0.1) is 0 Å². The van der Waals surface area contributed by atoms with Crippen LogP contribution in [-0.2, 0) is 0 Å². The van der Waals surface area contributed by atoms with E-state index < -0.39 is 0 Å². The summed E-state index contributed by atoms with van der Waals surface area (Å²) in [5, 5.41) is 6.01. The molecule has 2 unspecified atom stereocenters. The number of anilines is 1. The van der Waals surface area contributed by atoms with Crippen LogP contribution in [0.25, 0.3) is 0 Å². The van der Waals surface area contributed by atoms with Crippen LogP contribution in [0.5, 0.6) is 0 Å². The van der Waals surface area contributed by atoms with Gasteiger partial charge in [-0.25, -0.2) is 4.79 Å². The number of nitrogens with zero attached hydrogens (tertiary/aromatic N) is 1. The Morgan fingerprint density at radius 3 is 2.52 bits per heavy atom. The lowest BCUT2D eigenvalue weighted by atomic mass is 10.0. The maximum atomic E-state index is 13.0. The van der Waals surface area contributed by atoms with Crippen molar-refractivity contribution in [3.63, 3.8) is 0 Å². The Hall–Kier alpha value is -2.82. The van der Waals surface area contributed by atoms with Crippen molar-refractivity contribution in [1.29, 1.82) is 0 Å². The van der Waals surface area contributed by atoms with E-state index in [1.807, 2.05) is 37.8 Å². The largest absolute Gasteiger partial charge is 0.350 e. The summed E-state index contributed by atoms with van der Waals surface area (Å²) in [6.45, 7) is 8.76. The van der Waals surface area contributed by atoms with Crippen LogP contribution in [0.1, 0.15) is 66.2 Å². The predicted octanol–water partition coefficient (Wildman–Crippen LogP) is 5.20. The molecule has 0 bridgehead atoms. The van der Waals surface area contributed by atoms with Crippen LogP contribution in [0.15, 0.2) is 42.5 Å². The van der Waals surface area contributed by atoms with Gasteiger partial charge in [0.05, 0.1) is 6.04 Å². The van der Waals surface area contributed by atoms with E-state index in [9.17, 15) is 9.59 Å². The zero-order valence-corrected chi connectivity index (χ0v) is 17.8. The fraction of sp³-hybridized carbons (Fsp3) is 0.417. The number of aryl methyl sites for hydroxylation is 2. The average molecular weight is 394 g/mol. The topological polar surface area (TPSA) is 61.4 Å². The van der Waals surface area contributed by atoms with Gasteiger partial charge in [0.1, 0.15) is 0 Å². The van der Waals surface area contributed by atoms with Crippen molar-refractivity contribution in [3.8, 4) is 0 Å². The Labute approximate surface area is 173 Å². The van der Waals surface area contributed by atoms with Crippen LogP contribution in [0.3, 0.4) is 0 Å². The molecule has 1 aliphatic rings. The second kappa shape index (κ2) is 9.12. The number of rotatable bonds is 5. The van der Waals surface area contributed by atoms with Crippen molar-refractivity contribution < 1.29 is 9.59 Å². The first-order valence-electron chi connectivity index (χ1n) is 10.4. The van der Waals surface area contributed by atoms with Gasteiger partial charge in [0.2, 0.25) is 0 Å². The minimum atomic E-state index is -0.0898. The van der Waals surface area contributed by atoms with Gasteiger partial charge in [-0.2, -0.15) is 0 Å². The van der Waals surface area contributed by atoms with Crippen LogP contribution in [0.4, 0.5) is 10.5 Å². The summed E-state index contributed by atoms with van der Waals surface area (Å²) in [4.78, 5) is 27.2. The zero-order valence-electron chi connectivity index (χ0n) is 17.8. The highest BCUT2D eigenvalue weighted by atomic mass is 16.2. The highest BCUT2D eigenvalue weighted by molar-refractivity contribution is 5.96. The summed E-state index contributed by atoms with van der Waals surface area (Å²) < 4.78 is 0. The third-order valence-electron chi connectivity index (χ3n) is 5.70. The molecule has 5 nitrogen and oxygen atoms in total. The van der Waals surface area contributed by atoms with Crippen molar-refractivity contribution in [2.75, 3.05) is 11.9 Å². The maximum absolute atomic E-state index is 13.0. The predicted molar refractivity (Wildman–Crippen MR) is 117 cm³/mol. The van der Waals surface area contributed by atoms with Gasteiger partial charge < -0.3 is 15.5 Å². The van der Waals surface area contributed by atoms with Crippen molar-refractivity contribution in [2.45, 2.75) is 59.0 Å². The van der Waals surface area contributed by atoms with E-state index in [0.717, 1.165) is 37.1 Å². The first kappa shape index (κ1) is 20.9. The van der Waals surface area contributed by atoms with Gasteiger partial charge >= 0.3 is 6.03 Å². The summed E-state index contributed by atoms with van der Waals surface area (Å²) >= 11 is 0. The Kier molecular flexibility index (Phi) is 6.57. The molecule has 3 rings (SSSR count). The molecule has 5 heteroatoms. The van der Waals surface area contributed by atoms with E-state index in [2.05, 4.69) is 41.8 Å². The van der Waals surface area contributed by atoms with Crippen LogP contribution in [-0.4, -0.2) is 29.4 Å². The van der Waals surface area contributed by atoms with Gasteiger partial charge in [-0.05, 0) is 69.4 Å². The molecule has 3 amide bonds. The van der Waals surface area contributed by atoms with Gasteiger partial charge in [-0.1, -0.05) is 36.8 Å². The van der Waals surface area contributed by atoms with Gasteiger partial charge in [0, 0.05) is 23.8 Å². The van der Waals surface area contributed by atoms with Gasteiger partial charge in [0.25, 0.3) is 5.91 Å². The highest BCUT2D eigenvalue weighted by Crippen LogP contribution is 2.32. The molecule has 0 aliphatic carbocycles. The summed E-state index contributed by atoms with van der Waals surface area (Å²) in [5.41, 5.74) is 4.62. The molecule has 1 fully saturated rings. The molecule has 2 atom stereocenters. The first-order chi connectivity index (χ1) is 13.9. The fourth-order valence-electron chi connectivity index (χ4n) is 3.69. The maximum Gasteiger partial charge on any atom is 0.322 e. The highest BCUT2D eigenvalue weighted by Gasteiger charge is 2.30. The molecule has 0 radical (unpaired) electrons. The van der Waals surface area contributed by atoms with Crippen LogP contribution in [0, 0.1) is 13.8 Å².